The molecule has 0 unspecified atom stereocenters. The van der Waals surface area contributed by atoms with Gasteiger partial charge in [-0.3, -0.25) is 9.48 Å². The molecule has 9 nitrogen and oxygen atoms in total. The summed E-state index contributed by atoms with van der Waals surface area (Å²) in [5.74, 6) is 0.0377. The van der Waals surface area contributed by atoms with Gasteiger partial charge >= 0.3 is 6.03 Å². The van der Waals surface area contributed by atoms with Crippen LogP contribution < -0.4 is 15.8 Å². The molecule has 3 amide bonds. The van der Waals surface area contributed by atoms with E-state index in [1.807, 2.05) is 18.2 Å². The van der Waals surface area contributed by atoms with Crippen molar-refractivity contribution in [2.45, 2.75) is 13.1 Å². The average molecular weight is 416 g/mol. The normalized spacial score (nSPS) is 12.6. The Bertz CT molecular complexity index is 1190. The van der Waals surface area contributed by atoms with Crippen LogP contribution in [0.5, 0.6) is 5.75 Å². The van der Waals surface area contributed by atoms with E-state index in [-0.39, 0.29) is 12.6 Å². The van der Waals surface area contributed by atoms with Crippen LogP contribution in [0.1, 0.15) is 21.6 Å². The van der Waals surface area contributed by atoms with E-state index in [0.717, 1.165) is 0 Å². The highest BCUT2D eigenvalue weighted by atomic mass is 16.5. The van der Waals surface area contributed by atoms with E-state index < -0.39 is 5.91 Å². The summed E-state index contributed by atoms with van der Waals surface area (Å²) < 4.78 is 6.99. The molecule has 0 saturated carbocycles. The van der Waals surface area contributed by atoms with Crippen molar-refractivity contribution in [1.82, 2.24) is 14.7 Å². The number of hydrogen-bond donors (Lipinski definition) is 2. The molecular weight excluding hydrogens is 396 g/mol. The summed E-state index contributed by atoms with van der Waals surface area (Å²) in [6, 6.07) is 15.6. The van der Waals surface area contributed by atoms with Gasteiger partial charge in [0, 0.05) is 17.8 Å². The number of carbonyl (C=O) groups is 2. The smallest absolute Gasteiger partial charge is 0.322 e. The molecule has 0 aliphatic carbocycles. The molecule has 1 aromatic heterocycles. The second kappa shape index (κ2) is 8.20. The van der Waals surface area contributed by atoms with Crippen molar-refractivity contribution in [3.05, 3.63) is 65.4 Å². The van der Waals surface area contributed by atoms with Gasteiger partial charge < -0.3 is 20.7 Å². The number of ether oxygens (including phenoxy) is 1. The first-order valence-corrected chi connectivity index (χ1v) is 9.60. The summed E-state index contributed by atoms with van der Waals surface area (Å²) in [4.78, 5) is 26.7. The molecule has 0 fully saturated rings. The van der Waals surface area contributed by atoms with Gasteiger partial charge in [0.2, 0.25) is 0 Å². The lowest BCUT2D eigenvalue weighted by molar-refractivity contribution is 0.0997. The summed E-state index contributed by atoms with van der Waals surface area (Å²) in [5, 5.41) is 16.3. The van der Waals surface area contributed by atoms with Crippen LogP contribution in [0.3, 0.4) is 0 Å². The Balaban J connectivity index is 1.60. The van der Waals surface area contributed by atoms with E-state index in [2.05, 4.69) is 10.4 Å². The Hall–Kier alpha value is -4.32. The number of methoxy groups -OCH3 is 1. The minimum atomic E-state index is -0.603. The third-order valence-corrected chi connectivity index (χ3v) is 5.12. The number of benzene rings is 2. The second-order valence-electron chi connectivity index (χ2n) is 7.03. The molecule has 0 atom stereocenters. The predicted octanol–water partition coefficient (Wildman–Crippen LogP) is 2.58. The number of nitrogens with zero attached hydrogens (tertiary/aromatic N) is 4. The van der Waals surface area contributed by atoms with Crippen molar-refractivity contribution in [1.29, 1.82) is 5.26 Å². The van der Waals surface area contributed by atoms with E-state index in [1.165, 1.54) is 0 Å². The number of nitrogens with one attached hydrogen (secondary N) is 1. The van der Waals surface area contributed by atoms with Crippen LogP contribution in [0, 0.1) is 11.3 Å². The van der Waals surface area contributed by atoms with Crippen LogP contribution in [0.4, 0.5) is 10.5 Å². The number of nitrogens with two attached hydrogens (primary N) is 1. The van der Waals surface area contributed by atoms with Crippen molar-refractivity contribution in [3.8, 4) is 23.1 Å². The van der Waals surface area contributed by atoms with Gasteiger partial charge in [-0.05, 0) is 36.4 Å². The molecule has 2 heterocycles. The highest BCUT2D eigenvalue weighted by molar-refractivity contribution is 6.00. The maximum Gasteiger partial charge on any atom is 0.322 e. The highest BCUT2D eigenvalue weighted by Crippen LogP contribution is 2.30. The van der Waals surface area contributed by atoms with Crippen LogP contribution in [0.15, 0.2) is 48.5 Å². The lowest BCUT2D eigenvalue weighted by Crippen LogP contribution is -2.41. The zero-order valence-corrected chi connectivity index (χ0v) is 16.8. The number of nitriles is 1. The molecule has 0 spiro atoms. The summed E-state index contributed by atoms with van der Waals surface area (Å²) in [6.45, 7) is 1.05. The number of carbonyl (C=O) groups excluding carboxylic acids is 2. The van der Waals surface area contributed by atoms with Gasteiger partial charge in [0.1, 0.15) is 11.4 Å². The Morgan fingerprint density at radius 2 is 1.97 bits per heavy atom. The van der Waals surface area contributed by atoms with Crippen LogP contribution in [-0.4, -0.2) is 40.3 Å². The largest absolute Gasteiger partial charge is 0.497 e. The zero-order valence-electron chi connectivity index (χ0n) is 16.8. The number of primary amides is 1. The third-order valence-electron chi connectivity index (χ3n) is 5.12. The van der Waals surface area contributed by atoms with Gasteiger partial charge in [-0.2, -0.15) is 10.4 Å². The molecule has 1 aliphatic rings. The Morgan fingerprint density at radius 1 is 1.19 bits per heavy atom. The van der Waals surface area contributed by atoms with Gasteiger partial charge in [-0.15, -0.1) is 0 Å². The standard InChI is InChI=1S/C22H20N6O3/c1-31-17-4-2-3-15(11-17)20-19(21(24)29)18-13-27(9-10-28(18)26-20)22(30)25-16-7-5-14(12-23)6-8-16/h2-8,11H,9-10,13H2,1H3,(H2,24,29)(H,25,30). The van der Waals surface area contributed by atoms with E-state index in [1.54, 1.807) is 53.1 Å². The van der Waals surface area contributed by atoms with E-state index in [4.69, 9.17) is 15.7 Å². The van der Waals surface area contributed by atoms with Gasteiger partial charge in [0.15, 0.2) is 0 Å². The molecule has 3 aromatic rings. The molecule has 156 valence electrons. The monoisotopic (exact) mass is 416 g/mol. The average Bonchev–Trinajstić information content (AvgIpc) is 3.18. The lowest BCUT2D eigenvalue weighted by Gasteiger charge is -2.28. The highest BCUT2D eigenvalue weighted by Gasteiger charge is 2.29. The first-order valence-electron chi connectivity index (χ1n) is 9.60. The summed E-state index contributed by atoms with van der Waals surface area (Å²) >= 11 is 0. The number of hydrogen-bond acceptors (Lipinski definition) is 5. The van der Waals surface area contributed by atoms with Crippen molar-refractivity contribution < 1.29 is 14.3 Å². The van der Waals surface area contributed by atoms with Gasteiger partial charge in [-0.1, -0.05) is 12.1 Å². The fraction of sp³-hybridized carbons (Fsp3) is 0.182. The number of fused-ring (bicyclic) bond motifs is 1. The fourth-order valence-electron chi connectivity index (χ4n) is 3.55. The molecule has 31 heavy (non-hydrogen) atoms. The van der Waals surface area contributed by atoms with Crippen LogP contribution in [0.25, 0.3) is 11.3 Å². The van der Waals surface area contributed by atoms with E-state index in [9.17, 15) is 9.59 Å². The number of aromatic nitrogens is 2. The molecule has 9 heteroatoms. The topological polar surface area (TPSA) is 126 Å². The molecule has 0 bridgehead atoms. The van der Waals surface area contributed by atoms with Gasteiger partial charge in [0.05, 0.1) is 43.1 Å². The first kappa shape index (κ1) is 20.0. The van der Waals surface area contributed by atoms with Crippen molar-refractivity contribution >= 4 is 17.6 Å². The predicted molar refractivity (Wildman–Crippen MR) is 113 cm³/mol. The van der Waals surface area contributed by atoms with Gasteiger partial charge in [0.25, 0.3) is 5.91 Å². The lowest BCUT2D eigenvalue weighted by atomic mass is 10.0. The van der Waals surface area contributed by atoms with Gasteiger partial charge in [-0.25, -0.2) is 4.79 Å². The third kappa shape index (κ3) is 3.91. The Morgan fingerprint density at radius 3 is 2.65 bits per heavy atom. The van der Waals surface area contributed by atoms with Crippen LogP contribution in [0.2, 0.25) is 0 Å². The molecule has 0 radical (unpaired) electrons. The second-order valence-corrected chi connectivity index (χ2v) is 7.03. The number of urea groups is 1. The number of rotatable bonds is 4. The molecule has 0 saturated heterocycles. The van der Waals surface area contributed by atoms with E-state index in [0.29, 0.717) is 52.6 Å². The first-order chi connectivity index (χ1) is 15.0. The molecule has 3 N–H and O–H groups in total. The molecule has 4 rings (SSSR count). The number of amides is 3. The Kier molecular flexibility index (Phi) is 5.28. The maximum atomic E-state index is 12.8. The fourth-order valence-corrected chi connectivity index (χ4v) is 3.55. The molecule has 1 aliphatic heterocycles. The zero-order chi connectivity index (χ0) is 22.0. The molecular formula is C22H20N6O3. The van der Waals surface area contributed by atoms with Crippen molar-refractivity contribution in [2.75, 3.05) is 19.0 Å². The maximum absolute atomic E-state index is 12.8. The Labute approximate surface area is 178 Å². The summed E-state index contributed by atoms with van der Waals surface area (Å²) in [7, 11) is 1.57. The minimum absolute atomic E-state index is 0.192. The number of anilines is 1. The summed E-state index contributed by atoms with van der Waals surface area (Å²) in [5.41, 5.74) is 8.85. The van der Waals surface area contributed by atoms with Crippen LogP contribution in [-0.2, 0) is 13.1 Å². The van der Waals surface area contributed by atoms with Crippen molar-refractivity contribution in [2.24, 2.45) is 5.73 Å². The SMILES string of the molecule is COc1cccc(-c2nn3c(c2C(N)=O)CN(C(=O)Nc2ccc(C#N)cc2)CC3)c1. The van der Waals surface area contributed by atoms with Crippen molar-refractivity contribution in [3.63, 3.8) is 0 Å². The summed E-state index contributed by atoms with van der Waals surface area (Å²) in [6.07, 6.45) is 0. The quantitative estimate of drug-likeness (QED) is 0.676. The minimum Gasteiger partial charge on any atom is -0.497 e. The molecule has 2 aromatic carbocycles. The van der Waals surface area contributed by atoms with E-state index >= 15 is 0 Å². The van der Waals surface area contributed by atoms with Crippen LogP contribution >= 0.6 is 0 Å².